The number of para-hydroxylation sites is 1. The second-order valence-electron chi connectivity index (χ2n) is 3.25. The molecule has 0 spiro atoms. The van der Waals surface area contributed by atoms with Crippen molar-refractivity contribution in [3.63, 3.8) is 0 Å². The topological polar surface area (TPSA) is 18.5 Å². The fourth-order valence-electron chi connectivity index (χ4n) is 1.46. The van der Waals surface area contributed by atoms with Crippen LogP contribution < -0.4 is 9.47 Å². The average molecular weight is 234 g/mol. The number of benzene rings is 1. The lowest BCUT2D eigenvalue weighted by molar-refractivity contribution is -0.275. The van der Waals surface area contributed by atoms with Gasteiger partial charge in [-0.3, -0.25) is 0 Å². The lowest BCUT2D eigenvalue weighted by atomic mass is 10.1. The Bertz CT molecular complexity index is 348. The number of rotatable bonds is 4. The molecule has 0 aliphatic heterocycles. The fourth-order valence-corrected chi connectivity index (χ4v) is 1.46. The lowest BCUT2D eigenvalue weighted by Gasteiger charge is -2.15. The van der Waals surface area contributed by atoms with Gasteiger partial charge in [0.1, 0.15) is 0 Å². The number of halogens is 3. The summed E-state index contributed by atoms with van der Waals surface area (Å²) in [5, 5.41) is 0. The van der Waals surface area contributed by atoms with E-state index in [9.17, 15) is 13.2 Å². The third-order valence-electron chi connectivity index (χ3n) is 2.01. The van der Waals surface area contributed by atoms with Crippen molar-refractivity contribution in [1.29, 1.82) is 0 Å². The van der Waals surface area contributed by atoms with Crippen LogP contribution in [0.3, 0.4) is 0 Å². The van der Waals surface area contributed by atoms with Gasteiger partial charge in [0, 0.05) is 0 Å². The van der Waals surface area contributed by atoms with Gasteiger partial charge in [0.25, 0.3) is 0 Å². The second-order valence-corrected chi connectivity index (χ2v) is 3.25. The van der Waals surface area contributed by atoms with Gasteiger partial charge in [-0.2, -0.15) is 0 Å². The molecule has 0 atom stereocenters. The summed E-state index contributed by atoms with van der Waals surface area (Å²) in [4.78, 5) is 0. The van der Waals surface area contributed by atoms with Gasteiger partial charge in [0.05, 0.1) is 7.11 Å². The number of hydrogen-bond acceptors (Lipinski definition) is 2. The molecule has 90 valence electrons. The first-order valence-electron chi connectivity index (χ1n) is 4.89. The van der Waals surface area contributed by atoms with Crippen molar-refractivity contribution in [1.82, 2.24) is 0 Å². The minimum atomic E-state index is -4.70. The highest BCUT2D eigenvalue weighted by Crippen LogP contribution is 2.35. The van der Waals surface area contributed by atoms with E-state index in [1.165, 1.54) is 19.2 Å². The van der Waals surface area contributed by atoms with E-state index < -0.39 is 6.36 Å². The zero-order chi connectivity index (χ0) is 12.2. The molecule has 0 unspecified atom stereocenters. The highest BCUT2D eigenvalue weighted by Gasteiger charge is 2.32. The first-order chi connectivity index (χ1) is 7.48. The fraction of sp³-hybridized carbons (Fsp3) is 0.455. The second kappa shape index (κ2) is 5.09. The molecule has 0 fully saturated rings. The Morgan fingerprint density at radius 2 is 1.94 bits per heavy atom. The summed E-state index contributed by atoms with van der Waals surface area (Å²) < 4.78 is 45.1. The predicted molar refractivity (Wildman–Crippen MR) is 53.7 cm³/mol. The summed E-state index contributed by atoms with van der Waals surface area (Å²) in [7, 11) is 1.33. The molecular formula is C11H13F3O2. The van der Waals surface area contributed by atoms with Crippen molar-refractivity contribution in [3.8, 4) is 11.5 Å². The average Bonchev–Trinajstić information content (AvgIpc) is 2.16. The van der Waals surface area contributed by atoms with E-state index >= 15 is 0 Å². The van der Waals surface area contributed by atoms with Gasteiger partial charge in [-0.15, -0.1) is 13.2 Å². The molecule has 0 aliphatic carbocycles. The van der Waals surface area contributed by atoms with Gasteiger partial charge < -0.3 is 9.47 Å². The van der Waals surface area contributed by atoms with Gasteiger partial charge in [-0.05, 0) is 18.1 Å². The number of ether oxygens (including phenoxy) is 2. The lowest BCUT2D eigenvalue weighted by Crippen LogP contribution is -2.17. The van der Waals surface area contributed by atoms with Crippen molar-refractivity contribution in [2.75, 3.05) is 7.11 Å². The minimum absolute atomic E-state index is 0.154. The van der Waals surface area contributed by atoms with Crippen molar-refractivity contribution >= 4 is 0 Å². The minimum Gasteiger partial charge on any atom is -0.493 e. The predicted octanol–water partition coefficient (Wildman–Crippen LogP) is 3.55. The van der Waals surface area contributed by atoms with Crippen LogP contribution in [0.2, 0.25) is 0 Å². The van der Waals surface area contributed by atoms with E-state index in [0.29, 0.717) is 12.0 Å². The maximum Gasteiger partial charge on any atom is 0.573 e. The first kappa shape index (κ1) is 12.7. The zero-order valence-corrected chi connectivity index (χ0v) is 9.10. The number of hydrogen-bond donors (Lipinski definition) is 0. The summed E-state index contributed by atoms with van der Waals surface area (Å²) in [5.41, 5.74) is 0.715. The molecule has 16 heavy (non-hydrogen) atoms. The number of aryl methyl sites for hydroxylation is 1. The molecule has 0 bridgehead atoms. The molecule has 1 rings (SSSR count). The van der Waals surface area contributed by atoms with Crippen LogP contribution in [0.1, 0.15) is 18.9 Å². The Labute approximate surface area is 92.0 Å². The summed E-state index contributed by atoms with van der Waals surface area (Å²) >= 11 is 0. The normalized spacial score (nSPS) is 11.3. The van der Waals surface area contributed by atoms with E-state index in [0.717, 1.165) is 6.42 Å². The summed E-state index contributed by atoms with van der Waals surface area (Å²) in [6.45, 7) is 1.94. The Balaban J connectivity index is 3.04. The molecule has 0 saturated heterocycles. The Morgan fingerprint density at radius 1 is 1.25 bits per heavy atom. The van der Waals surface area contributed by atoms with Crippen LogP contribution in [-0.2, 0) is 6.42 Å². The quantitative estimate of drug-likeness (QED) is 0.793. The summed E-state index contributed by atoms with van der Waals surface area (Å²) in [6.07, 6.45) is -3.22. The molecule has 1 aromatic carbocycles. The molecule has 0 amide bonds. The van der Waals surface area contributed by atoms with Crippen molar-refractivity contribution < 1.29 is 22.6 Å². The molecule has 0 saturated carbocycles. The first-order valence-corrected chi connectivity index (χ1v) is 4.89. The standard InChI is InChI=1S/C11H13F3O2/c1-3-5-8-6-4-7-9(10(8)15-2)16-11(12,13)14/h4,6-7H,3,5H2,1-2H3. The Hall–Kier alpha value is -1.39. The largest absolute Gasteiger partial charge is 0.573 e. The van der Waals surface area contributed by atoms with Gasteiger partial charge in [-0.25, -0.2) is 0 Å². The molecule has 2 nitrogen and oxygen atoms in total. The van der Waals surface area contributed by atoms with Crippen LogP contribution in [0.5, 0.6) is 11.5 Å². The van der Waals surface area contributed by atoms with E-state index in [-0.39, 0.29) is 11.5 Å². The molecule has 0 radical (unpaired) electrons. The SMILES string of the molecule is CCCc1cccc(OC(F)(F)F)c1OC. The molecule has 0 N–H and O–H groups in total. The van der Waals surface area contributed by atoms with Crippen molar-refractivity contribution in [3.05, 3.63) is 23.8 Å². The maximum absolute atomic E-state index is 12.1. The highest BCUT2D eigenvalue weighted by molar-refractivity contribution is 5.46. The zero-order valence-electron chi connectivity index (χ0n) is 9.10. The third-order valence-corrected chi connectivity index (χ3v) is 2.01. The molecule has 0 aliphatic rings. The Morgan fingerprint density at radius 3 is 2.44 bits per heavy atom. The Kier molecular flexibility index (Phi) is 4.04. The van der Waals surface area contributed by atoms with Crippen molar-refractivity contribution in [2.45, 2.75) is 26.1 Å². The molecule has 5 heteroatoms. The highest BCUT2D eigenvalue weighted by atomic mass is 19.4. The third kappa shape index (κ3) is 3.32. The van der Waals surface area contributed by atoms with Gasteiger partial charge in [0.2, 0.25) is 0 Å². The summed E-state index contributed by atoms with van der Waals surface area (Å²) in [5.74, 6) is -0.136. The van der Waals surface area contributed by atoms with Crippen LogP contribution in [-0.4, -0.2) is 13.5 Å². The van der Waals surface area contributed by atoms with E-state index in [2.05, 4.69) is 4.74 Å². The van der Waals surface area contributed by atoms with E-state index in [4.69, 9.17) is 4.74 Å². The van der Waals surface area contributed by atoms with Crippen LogP contribution in [0.25, 0.3) is 0 Å². The van der Waals surface area contributed by atoms with Crippen molar-refractivity contribution in [2.24, 2.45) is 0 Å². The number of alkyl halides is 3. The van der Waals surface area contributed by atoms with Crippen LogP contribution in [0.4, 0.5) is 13.2 Å². The summed E-state index contributed by atoms with van der Waals surface area (Å²) in [6, 6.07) is 4.49. The van der Waals surface area contributed by atoms with Gasteiger partial charge in [-0.1, -0.05) is 25.5 Å². The molecule has 0 heterocycles. The maximum atomic E-state index is 12.1. The van der Waals surface area contributed by atoms with Gasteiger partial charge >= 0.3 is 6.36 Å². The molecule has 0 aromatic heterocycles. The van der Waals surface area contributed by atoms with E-state index in [1.807, 2.05) is 6.92 Å². The van der Waals surface area contributed by atoms with Crippen LogP contribution >= 0.6 is 0 Å². The van der Waals surface area contributed by atoms with Gasteiger partial charge in [0.15, 0.2) is 11.5 Å². The number of methoxy groups -OCH3 is 1. The van der Waals surface area contributed by atoms with Crippen LogP contribution in [0.15, 0.2) is 18.2 Å². The van der Waals surface area contributed by atoms with Crippen LogP contribution in [0, 0.1) is 0 Å². The molecule has 1 aromatic rings. The van der Waals surface area contributed by atoms with E-state index in [1.54, 1.807) is 6.07 Å². The monoisotopic (exact) mass is 234 g/mol. The smallest absolute Gasteiger partial charge is 0.493 e. The molecular weight excluding hydrogens is 221 g/mol.